The van der Waals surface area contributed by atoms with Crippen LogP contribution in [0.5, 0.6) is 0 Å². The Labute approximate surface area is 106 Å². The molecule has 6 heteroatoms. The molecule has 2 aromatic heterocycles. The van der Waals surface area contributed by atoms with Gasteiger partial charge in [-0.2, -0.15) is 0 Å². The van der Waals surface area contributed by atoms with Crippen molar-refractivity contribution in [2.24, 2.45) is 0 Å². The summed E-state index contributed by atoms with van der Waals surface area (Å²) >= 11 is 0. The quantitative estimate of drug-likeness (QED) is 0.903. The van der Waals surface area contributed by atoms with Crippen LogP contribution in [0.25, 0.3) is 0 Å². The molecule has 0 aromatic carbocycles. The number of hydrogen-bond acceptors (Lipinski definition) is 5. The Morgan fingerprint density at radius 1 is 1.28 bits per heavy atom. The fourth-order valence-corrected chi connectivity index (χ4v) is 3.10. The van der Waals surface area contributed by atoms with Crippen molar-refractivity contribution in [2.75, 3.05) is 5.73 Å². The third-order valence-electron chi connectivity index (χ3n) is 2.59. The van der Waals surface area contributed by atoms with Gasteiger partial charge in [0.25, 0.3) is 0 Å². The summed E-state index contributed by atoms with van der Waals surface area (Å²) in [4.78, 5) is 7.96. The lowest BCUT2D eigenvalue weighted by Crippen LogP contribution is -2.10. The first-order valence-electron chi connectivity index (χ1n) is 5.33. The van der Waals surface area contributed by atoms with E-state index in [0.29, 0.717) is 5.69 Å². The number of rotatable bonds is 3. The summed E-state index contributed by atoms with van der Waals surface area (Å²) < 4.78 is 24.5. The first kappa shape index (κ1) is 12.5. The van der Waals surface area contributed by atoms with Gasteiger partial charge >= 0.3 is 0 Å². The molecule has 0 saturated heterocycles. The maximum atomic E-state index is 12.2. The molecule has 0 amide bonds. The molecular formula is C12H13N3O2S. The Morgan fingerprint density at radius 3 is 2.72 bits per heavy atom. The van der Waals surface area contributed by atoms with Crippen LogP contribution in [-0.4, -0.2) is 18.4 Å². The number of nitrogens with zero attached hydrogens (tertiary/aromatic N) is 2. The predicted octanol–water partition coefficient (Wildman–Crippen LogP) is 1.34. The van der Waals surface area contributed by atoms with Crippen molar-refractivity contribution in [1.82, 2.24) is 9.97 Å². The van der Waals surface area contributed by atoms with Gasteiger partial charge in [0.05, 0.1) is 28.2 Å². The van der Waals surface area contributed by atoms with E-state index >= 15 is 0 Å². The largest absolute Gasteiger partial charge is 0.396 e. The number of nitrogens with two attached hydrogens (primary N) is 1. The van der Waals surface area contributed by atoms with Crippen LogP contribution in [0.1, 0.15) is 11.3 Å². The number of nitrogen functional groups attached to an aromatic ring is 1. The molecule has 2 aromatic rings. The summed E-state index contributed by atoms with van der Waals surface area (Å²) in [7, 11) is -3.49. The Kier molecular flexibility index (Phi) is 3.29. The maximum absolute atomic E-state index is 12.2. The molecule has 0 aliphatic carbocycles. The minimum atomic E-state index is -3.49. The average Bonchev–Trinajstić information content (AvgIpc) is 2.32. The van der Waals surface area contributed by atoms with Gasteiger partial charge in [-0.15, -0.1) is 0 Å². The van der Waals surface area contributed by atoms with Crippen molar-refractivity contribution in [3.8, 4) is 0 Å². The SMILES string of the molecule is Cc1cccnc1CS(=O)(=O)c1ccncc1N. The van der Waals surface area contributed by atoms with Crippen LogP contribution in [0.15, 0.2) is 41.7 Å². The zero-order valence-electron chi connectivity index (χ0n) is 9.87. The Balaban J connectivity index is 2.40. The van der Waals surface area contributed by atoms with Crippen molar-refractivity contribution in [3.63, 3.8) is 0 Å². The third kappa shape index (κ3) is 2.48. The second kappa shape index (κ2) is 4.73. The molecule has 5 nitrogen and oxygen atoms in total. The maximum Gasteiger partial charge on any atom is 0.186 e. The second-order valence-corrected chi connectivity index (χ2v) is 5.90. The van der Waals surface area contributed by atoms with Gasteiger partial charge in [-0.3, -0.25) is 9.97 Å². The second-order valence-electron chi connectivity index (χ2n) is 3.94. The van der Waals surface area contributed by atoms with E-state index in [0.717, 1.165) is 5.56 Å². The fourth-order valence-electron chi connectivity index (χ4n) is 1.60. The zero-order valence-corrected chi connectivity index (χ0v) is 10.7. The molecule has 0 fully saturated rings. The van der Waals surface area contributed by atoms with Crippen LogP contribution in [0.3, 0.4) is 0 Å². The van der Waals surface area contributed by atoms with Crippen LogP contribution in [0, 0.1) is 6.92 Å². The monoisotopic (exact) mass is 263 g/mol. The lowest BCUT2D eigenvalue weighted by molar-refractivity contribution is 0.594. The first-order valence-corrected chi connectivity index (χ1v) is 6.98. The molecule has 0 saturated carbocycles. The van der Waals surface area contributed by atoms with Gasteiger partial charge < -0.3 is 5.73 Å². The normalized spacial score (nSPS) is 11.4. The van der Waals surface area contributed by atoms with Gasteiger partial charge in [-0.05, 0) is 24.6 Å². The highest BCUT2D eigenvalue weighted by Gasteiger charge is 2.19. The minimum Gasteiger partial charge on any atom is -0.396 e. The third-order valence-corrected chi connectivity index (χ3v) is 4.29. The van der Waals surface area contributed by atoms with Gasteiger partial charge in [0, 0.05) is 12.4 Å². The van der Waals surface area contributed by atoms with Crippen molar-refractivity contribution in [3.05, 3.63) is 48.0 Å². The predicted molar refractivity (Wildman–Crippen MR) is 68.5 cm³/mol. The lowest BCUT2D eigenvalue weighted by atomic mass is 10.2. The van der Waals surface area contributed by atoms with Crippen molar-refractivity contribution in [1.29, 1.82) is 0 Å². The number of pyridine rings is 2. The van der Waals surface area contributed by atoms with Crippen LogP contribution in [0.2, 0.25) is 0 Å². The minimum absolute atomic E-state index is 0.0996. The number of aryl methyl sites for hydroxylation is 1. The smallest absolute Gasteiger partial charge is 0.186 e. The summed E-state index contributed by atoms with van der Waals surface area (Å²) in [5, 5.41) is 0. The summed E-state index contributed by atoms with van der Waals surface area (Å²) in [6.07, 6.45) is 4.32. The molecule has 18 heavy (non-hydrogen) atoms. The van der Waals surface area contributed by atoms with Gasteiger partial charge in [0.2, 0.25) is 0 Å². The molecule has 0 radical (unpaired) electrons. The highest BCUT2D eigenvalue weighted by molar-refractivity contribution is 7.90. The standard InChI is InChI=1S/C12H13N3O2S/c1-9-3-2-5-15-11(9)8-18(16,17)12-4-6-14-7-10(12)13/h2-7H,8,13H2,1H3. The molecule has 0 unspecified atom stereocenters. The van der Waals surface area contributed by atoms with Crippen LogP contribution in [-0.2, 0) is 15.6 Å². The number of hydrogen-bond donors (Lipinski definition) is 1. The Bertz CT molecular complexity index is 669. The van der Waals surface area contributed by atoms with E-state index in [1.54, 1.807) is 12.3 Å². The van der Waals surface area contributed by atoms with Gasteiger partial charge in [-0.25, -0.2) is 8.42 Å². The first-order chi connectivity index (χ1) is 8.50. The molecule has 0 aliphatic rings. The van der Waals surface area contributed by atoms with E-state index in [1.807, 2.05) is 13.0 Å². The van der Waals surface area contributed by atoms with Crippen molar-refractivity contribution >= 4 is 15.5 Å². The highest BCUT2D eigenvalue weighted by atomic mass is 32.2. The van der Waals surface area contributed by atoms with Crippen molar-refractivity contribution < 1.29 is 8.42 Å². The van der Waals surface area contributed by atoms with E-state index in [9.17, 15) is 8.42 Å². The van der Waals surface area contributed by atoms with Crippen LogP contribution >= 0.6 is 0 Å². The molecule has 0 atom stereocenters. The number of aromatic nitrogens is 2. The molecule has 2 heterocycles. The average molecular weight is 263 g/mol. The van der Waals surface area contributed by atoms with Gasteiger partial charge in [-0.1, -0.05) is 6.07 Å². The van der Waals surface area contributed by atoms with Gasteiger partial charge in [0.15, 0.2) is 9.84 Å². The van der Waals surface area contributed by atoms with Gasteiger partial charge in [0.1, 0.15) is 0 Å². The summed E-state index contributed by atoms with van der Waals surface area (Å²) in [6.45, 7) is 1.83. The van der Waals surface area contributed by atoms with E-state index in [-0.39, 0.29) is 16.3 Å². The molecule has 0 bridgehead atoms. The van der Waals surface area contributed by atoms with Crippen LogP contribution < -0.4 is 5.73 Å². The van der Waals surface area contributed by atoms with E-state index in [1.165, 1.54) is 18.5 Å². The zero-order chi connectivity index (χ0) is 13.2. The fraction of sp³-hybridized carbons (Fsp3) is 0.167. The molecular weight excluding hydrogens is 250 g/mol. The van der Waals surface area contributed by atoms with E-state index in [4.69, 9.17) is 5.73 Å². The van der Waals surface area contributed by atoms with Crippen LogP contribution in [0.4, 0.5) is 5.69 Å². The number of anilines is 1. The highest BCUT2D eigenvalue weighted by Crippen LogP contribution is 2.21. The Morgan fingerprint density at radius 2 is 2.06 bits per heavy atom. The molecule has 94 valence electrons. The summed E-state index contributed by atoms with van der Waals surface area (Å²) in [5.41, 5.74) is 7.17. The summed E-state index contributed by atoms with van der Waals surface area (Å²) in [5.74, 6) is -0.159. The number of sulfone groups is 1. The molecule has 0 aliphatic heterocycles. The van der Waals surface area contributed by atoms with E-state index < -0.39 is 9.84 Å². The molecule has 2 rings (SSSR count). The molecule has 0 spiro atoms. The van der Waals surface area contributed by atoms with E-state index in [2.05, 4.69) is 9.97 Å². The molecule has 2 N–H and O–H groups in total. The lowest BCUT2D eigenvalue weighted by Gasteiger charge is -2.08. The summed E-state index contributed by atoms with van der Waals surface area (Å²) in [6, 6.07) is 5.00. The van der Waals surface area contributed by atoms with Crippen molar-refractivity contribution in [2.45, 2.75) is 17.6 Å². The Hall–Kier alpha value is -1.95. The topological polar surface area (TPSA) is 85.9 Å².